The summed E-state index contributed by atoms with van der Waals surface area (Å²) in [5.41, 5.74) is 1.31. The number of ketones is 1. The third-order valence-corrected chi connectivity index (χ3v) is 6.84. The number of hydrogen-bond acceptors (Lipinski definition) is 6. The summed E-state index contributed by atoms with van der Waals surface area (Å²) < 4.78 is 10.6. The molecule has 1 saturated heterocycles. The van der Waals surface area contributed by atoms with Gasteiger partial charge in [-0.1, -0.05) is 44.2 Å². The van der Waals surface area contributed by atoms with Crippen LogP contribution in [-0.4, -0.2) is 67.0 Å². The van der Waals surface area contributed by atoms with Crippen LogP contribution in [0.15, 0.2) is 66.2 Å². The summed E-state index contributed by atoms with van der Waals surface area (Å²) in [5, 5.41) is 13.2. The number of likely N-dealkylation sites (tertiary alicyclic amines) is 1. The fraction of sp³-hybridized carbons (Fsp3) is 0.310. The Balaban J connectivity index is 1.80. The third-order valence-electron chi connectivity index (χ3n) is 6.84. The molecule has 1 heterocycles. The second kappa shape index (κ2) is 10.8. The normalized spacial score (nSPS) is 17.2. The minimum atomic E-state index is -0.696. The molecule has 36 heavy (non-hydrogen) atoms. The van der Waals surface area contributed by atoms with Crippen molar-refractivity contribution in [3.63, 3.8) is 0 Å². The quantitative estimate of drug-likeness (QED) is 0.269. The Bertz CT molecular complexity index is 1290. The van der Waals surface area contributed by atoms with Crippen LogP contribution in [-0.2, 0) is 9.59 Å². The first-order valence-corrected chi connectivity index (χ1v) is 12.1. The molecule has 7 heteroatoms. The molecule has 0 spiro atoms. The molecular formula is C29H32N2O5. The second-order valence-electron chi connectivity index (χ2n) is 8.72. The van der Waals surface area contributed by atoms with E-state index in [9.17, 15) is 14.7 Å². The molecular weight excluding hydrogens is 456 g/mol. The predicted molar refractivity (Wildman–Crippen MR) is 140 cm³/mol. The molecule has 1 aliphatic rings. The minimum Gasteiger partial charge on any atom is -0.507 e. The molecule has 4 rings (SSSR count). The van der Waals surface area contributed by atoms with Crippen molar-refractivity contribution in [3.8, 4) is 11.5 Å². The van der Waals surface area contributed by atoms with Gasteiger partial charge in [0.1, 0.15) is 17.3 Å². The van der Waals surface area contributed by atoms with Gasteiger partial charge in [0.05, 0.1) is 25.8 Å². The topological polar surface area (TPSA) is 79.3 Å². The first kappa shape index (κ1) is 25.3. The van der Waals surface area contributed by atoms with E-state index >= 15 is 0 Å². The molecule has 1 N–H and O–H groups in total. The molecule has 1 amide bonds. The Labute approximate surface area is 211 Å². The van der Waals surface area contributed by atoms with Crippen molar-refractivity contribution in [3.05, 3.63) is 77.4 Å². The summed E-state index contributed by atoms with van der Waals surface area (Å²) in [7, 11) is 3.19. The summed E-state index contributed by atoms with van der Waals surface area (Å²) in [5.74, 6) is -0.0587. The first-order chi connectivity index (χ1) is 17.4. The van der Waals surface area contributed by atoms with Gasteiger partial charge >= 0.3 is 0 Å². The Kier molecular flexibility index (Phi) is 7.60. The Morgan fingerprint density at radius 2 is 1.50 bits per heavy atom. The van der Waals surface area contributed by atoms with Crippen LogP contribution in [0.2, 0.25) is 0 Å². The third kappa shape index (κ3) is 4.79. The van der Waals surface area contributed by atoms with E-state index in [-0.39, 0.29) is 11.3 Å². The molecule has 0 bridgehead atoms. The lowest BCUT2D eigenvalue weighted by atomic mass is 9.94. The molecule has 0 saturated carbocycles. The van der Waals surface area contributed by atoms with E-state index in [1.54, 1.807) is 37.3 Å². The van der Waals surface area contributed by atoms with Crippen LogP contribution >= 0.6 is 0 Å². The number of hydrogen-bond donors (Lipinski definition) is 1. The van der Waals surface area contributed by atoms with Gasteiger partial charge in [0.15, 0.2) is 0 Å². The molecule has 1 fully saturated rings. The number of aliphatic hydroxyl groups is 1. The summed E-state index contributed by atoms with van der Waals surface area (Å²) in [6.45, 7) is 6.81. The minimum absolute atomic E-state index is 0.0950. The maximum atomic E-state index is 13.3. The Morgan fingerprint density at radius 3 is 2.14 bits per heavy atom. The zero-order chi connectivity index (χ0) is 25.8. The molecule has 1 atom stereocenters. The molecule has 3 aromatic rings. The molecule has 1 unspecified atom stereocenters. The van der Waals surface area contributed by atoms with Gasteiger partial charge in [-0.3, -0.25) is 9.59 Å². The first-order valence-electron chi connectivity index (χ1n) is 12.1. The highest BCUT2D eigenvalue weighted by molar-refractivity contribution is 6.46. The molecule has 0 aliphatic carbocycles. The average molecular weight is 489 g/mol. The SMILES string of the molecule is CCN(CC)CCN1C(=O)C(=O)/C(=C(/O)c2ccc3cc(OC)ccc3c2)C1c1ccc(OC)cc1. The number of benzene rings is 3. The maximum absolute atomic E-state index is 13.3. The number of carbonyl (C=O) groups is 2. The second-order valence-corrected chi connectivity index (χ2v) is 8.72. The monoisotopic (exact) mass is 488 g/mol. The zero-order valence-corrected chi connectivity index (χ0v) is 21.2. The van der Waals surface area contributed by atoms with Crippen LogP contribution < -0.4 is 9.47 Å². The van der Waals surface area contributed by atoms with Crippen LogP contribution in [0.3, 0.4) is 0 Å². The number of amides is 1. The fourth-order valence-corrected chi connectivity index (χ4v) is 4.69. The van der Waals surface area contributed by atoms with Crippen molar-refractivity contribution in [2.24, 2.45) is 0 Å². The van der Waals surface area contributed by atoms with Crippen LogP contribution in [0.1, 0.15) is 31.0 Å². The highest BCUT2D eigenvalue weighted by Crippen LogP contribution is 2.40. The van der Waals surface area contributed by atoms with Gasteiger partial charge in [-0.25, -0.2) is 0 Å². The van der Waals surface area contributed by atoms with E-state index in [4.69, 9.17) is 9.47 Å². The van der Waals surface area contributed by atoms with Gasteiger partial charge in [-0.2, -0.15) is 0 Å². The number of rotatable bonds is 9. The lowest BCUT2D eigenvalue weighted by Gasteiger charge is -2.28. The fourth-order valence-electron chi connectivity index (χ4n) is 4.69. The maximum Gasteiger partial charge on any atom is 0.295 e. The van der Waals surface area contributed by atoms with Gasteiger partial charge < -0.3 is 24.4 Å². The van der Waals surface area contributed by atoms with E-state index in [0.29, 0.717) is 24.4 Å². The molecule has 0 radical (unpaired) electrons. The molecule has 0 aromatic heterocycles. The lowest BCUT2D eigenvalue weighted by molar-refractivity contribution is -0.140. The summed E-state index contributed by atoms with van der Waals surface area (Å²) in [6.07, 6.45) is 0. The highest BCUT2D eigenvalue weighted by Gasteiger charge is 2.46. The summed E-state index contributed by atoms with van der Waals surface area (Å²) in [4.78, 5) is 30.3. The van der Waals surface area contributed by atoms with Crippen molar-refractivity contribution in [2.75, 3.05) is 40.4 Å². The highest BCUT2D eigenvalue weighted by atomic mass is 16.5. The van der Waals surface area contributed by atoms with Gasteiger partial charge in [0, 0.05) is 18.7 Å². The summed E-state index contributed by atoms with van der Waals surface area (Å²) in [6, 6.07) is 17.6. The van der Waals surface area contributed by atoms with Crippen LogP contribution in [0, 0.1) is 0 Å². The van der Waals surface area contributed by atoms with Crippen LogP contribution in [0.25, 0.3) is 16.5 Å². The van der Waals surface area contributed by atoms with Gasteiger partial charge in [-0.15, -0.1) is 0 Å². The standard InChI is InChI=1S/C29H32N2O5/c1-5-30(6-2)15-16-31-26(19-9-12-23(35-3)13-10-19)25(28(33)29(31)34)27(32)22-8-7-21-18-24(36-4)14-11-20(21)17-22/h7-14,17-18,26,32H,5-6,15-16H2,1-4H3/b27-25+. The van der Waals surface area contributed by atoms with E-state index in [1.807, 2.05) is 42.5 Å². The number of carbonyl (C=O) groups excluding carboxylic acids is 2. The van der Waals surface area contributed by atoms with E-state index in [2.05, 4.69) is 18.7 Å². The number of likely N-dealkylation sites (N-methyl/N-ethyl adjacent to an activating group) is 1. The van der Waals surface area contributed by atoms with E-state index in [0.717, 1.165) is 35.2 Å². The molecule has 188 valence electrons. The zero-order valence-electron chi connectivity index (χ0n) is 21.2. The molecule has 7 nitrogen and oxygen atoms in total. The molecule has 1 aliphatic heterocycles. The van der Waals surface area contributed by atoms with E-state index < -0.39 is 17.7 Å². The van der Waals surface area contributed by atoms with E-state index in [1.165, 1.54) is 0 Å². The number of ether oxygens (including phenoxy) is 2. The van der Waals surface area contributed by atoms with Crippen LogP contribution in [0.4, 0.5) is 0 Å². The number of methoxy groups -OCH3 is 2. The summed E-state index contributed by atoms with van der Waals surface area (Å²) >= 11 is 0. The number of aliphatic hydroxyl groups excluding tert-OH is 1. The molecule has 3 aromatic carbocycles. The number of Topliss-reactive ketones (excluding diaryl/α,β-unsaturated/α-hetero) is 1. The lowest BCUT2D eigenvalue weighted by Crippen LogP contribution is -2.38. The average Bonchev–Trinajstić information content (AvgIpc) is 3.17. The smallest absolute Gasteiger partial charge is 0.295 e. The van der Waals surface area contributed by atoms with Crippen molar-refractivity contribution < 1.29 is 24.2 Å². The van der Waals surface area contributed by atoms with Crippen LogP contribution in [0.5, 0.6) is 11.5 Å². The number of nitrogens with zero attached hydrogens (tertiary/aromatic N) is 2. The number of fused-ring (bicyclic) bond motifs is 1. The predicted octanol–water partition coefficient (Wildman–Crippen LogP) is 4.62. The van der Waals surface area contributed by atoms with Gasteiger partial charge in [0.2, 0.25) is 0 Å². The van der Waals surface area contributed by atoms with Gasteiger partial charge in [-0.05, 0) is 59.8 Å². The van der Waals surface area contributed by atoms with Crippen molar-refractivity contribution >= 4 is 28.2 Å². The van der Waals surface area contributed by atoms with Crippen molar-refractivity contribution in [2.45, 2.75) is 19.9 Å². The van der Waals surface area contributed by atoms with Crippen molar-refractivity contribution in [1.82, 2.24) is 9.80 Å². The largest absolute Gasteiger partial charge is 0.507 e. The Hall–Kier alpha value is -3.84. The Morgan fingerprint density at radius 1 is 0.889 bits per heavy atom. The van der Waals surface area contributed by atoms with Crippen molar-refractivity contribution in [1.29, 1.82) is 0 Å². The van der Waals surface area contributed by atoms with Gasteiger partial charge in [0.25, 0.3) is 11.7 Å².